The number of ether oxygens (including phenoxy) is 1. The maximum absolute atomic E-state index is 5.51. The van der Waals surface area contributed by atoms with Crippen LogP contribution in [0.1, 0.15) is 46.5 Å². The van der Waals surface area contributed by atoms with E-state index >= 15 is 0 Å². The molecule has 1 N–H and O–H groups in total. The molecule has 3 aliphatic heterocycles. The van der Waals surface area contributed by atoms with Crippen LogP contribution in [0.15, 0.2) is 4.99 Å². The summed E-state index contributed by atoms with van der Waals surface area (Å²) in [4.78, 5) is 12.7. The average Bonchev–Trinajstić information content (AvgIpc) is 3.17. The minimum Gasteiger partial charge on any atom is -0.379 e. The standard InChI is InChI=1S/C22H43N5O.HI/c1-4-23-22(27-10-7-21(18-27)26-11-13-28-14-12-26)24-8-5-6-9-25-16-19(2)15-20(3)17-25;/h19-21H,4-18H2,1-3H3,(H,23,24);1H. The lowest BCUT2D eigenvalue weighted by Gasteiger charge is -2.34. The summed E-state index contributed by atoms with van der Waals surface area (Å²) >= 11 is 0. The highest BCUT2D eigenvalue weighted by Gasteiger charge is 2.30. The lowest BCUT2D eigenvalue weighted by Crippen LogP contribution is -2.46. The van der Waals surface area contributed by atoms with Crippen molar-refractivity contribution < 1.29 is 4.74 Å². The molecular weight excluding hydrogens is 477 g/mol. The number of hydrogen-bond donors (Lipinski definition) is 1. The van der Waals surface area contributed by atoms with Crippen molar-refractivity contribution in [3.63, 3.8) is 0 Å². The van der Waals surface area contributed by atoms with Gasteiger partial charge in [0.25, 0.3) is 0 Å². The molecule has 0 aromatic carbocycles. The Labute approximate surface area is 195 Å². The molecule has 0 aliphatic carbocycles. The fourth-order valence-electron chi connectivity index (χ4n) is 5.21. The van der Waals surface area contributed by atoms with Gasteiger partial charge in [0.2, 0.25) is 0 Å². The van der Waals surface area contributed by atoms with Gasteiger partial charge in [-0.3, -0.25) is 9.89 Å². The van der Waals surface area contributed by atoms with Crippen molar-refractivity contribution in [2.45, 2.75) is 52.5 Å². The van der Waals surface area contributed by atoms with E-state index in [1.54, 1.807) is 0 Å². The summed E-state index contributed by atoms with van der Waals surface area (Å²) < 4.78 is 5.51. The van der Waals surface area contributed by atoms with Gasteiger partial charge in [0.1, 0.15) is 0 Å². The number of rotatable bonds is 7. The molecule has 7 heteroatoms. The number of morpholine rings is 1. The Hall–Kier alpha value is -0.120. The number of piperidine rings is 1. The van der Waals surface area contributed by atoms with Crippen LogP contribution in [0.4, 0.5) is 0 Å². The van der Waals surface area contributed by atoms with Crippen molar-refractivity contribution >= 4 is 29.9 Å². The normalized spacial score (nSPS) is 29.7. The second-order valence-electron chi connectivity index (χ2n) is 9.19. The zero-order valence-electron chi connectivity index (χ0n) is 18.9. The molecule has 0 spiro atoms. The molecule has 3 atom stereocenters. The molecule has 0 aromatic heterocycles. The molecule has 0 amide bonds. The largest absolute Gasteiger partial charge is 0.379 e. The van der Waals surface area contributed by atoms with E-state index in [-0.39, 0.29) is 24.0 Å². The molecule has 0 bridgehead atoms. The van der Waals surface area contributed by atoms with Crippen LogP contribution in [0.3, 0.4) is 0 Å². The Kier molecular flexibility index (Phi) is 11.6. The molecule has 0 radical (unpaired) electrons. The zero-order valence-corrected chi connectivity index (χ0v) is 21.3. The van der Waals surface area contributed by atoms with E-state index in [1.807, 2.05) is 0 Å². The van der Waals surface area contributed by atoms with Crippen molar-refractivity contribution in [3.05, 3.63) is 0 Å². The molecule has 170 valence electrons. The fourth-order valence-corrected chi connectivity index (χ4v) is 5.21. The summed E-state index contributed by atoms with van der Waals surface area (Å²) in [5.74, 6) is 2.84. The highest BCUT2D eigenvalue weighted by molar-refractivity contribution is 14.0. The van der Waals surface area contributed by atoms with Gasteiger partial charge in [0, 0.05) is 58.4 Å². The van der Waals surface area contributed by atoms with E-state index in [1.165, 1.54) is 45.3 Å². The lowest BCUT2D eigenvalue weighted by atomic mass is 9.92. The van der Waals surface area contributed by atoms with Crippen molar-refractivity contribution in [2.75, 3.05) is 72.1 Å². The fraction of sp³-hybridized carbons (Fsp3) is 0.955. The third-order valence-electron chi connectivity index (χ3n) is 6.45. The second-order valence-corrected chi connectivity index (χ2v) is 9.19. The first-order valence-corrected chi connectivity index (χ1v) is 11.7. The van der Waals surface area contributed by atoms with Crippen molar-refractivity contribution in [1.82, 2.24) is 20.0 Å². The minimum absolute atomic E-state index is 0. The maximum Gasteiger partial charge on any atom is 0.193 e. The molecular formula is C22H44IN5O. The lowest BCUT2D eigenvalue weighted by molar-refractivity contribution is 0.0195. The van der Waals surface area contributed by atoms with Crippen LogP contribution in [0.5, 0.6) is 0 Å². The van der Waals surface area contributed by atoms with Crippen LogP contribution in [-0.2, 0) is 4.74 Å². The number of guanidine groups is 1. The van der Waals surface area contributed by atoms with Gasteiger partial charge in [0.05, 0.1) is 13.2 Å². The summed E-state index contributed by atoms with van der Waals surface area (Å²) in [6, 6.07) is 0.663. The zero-order chi connectivity index (χ0) is 19.8. The molecule has 3 unspecified atom stereocenters. The highest BCUT2D eigenvalue weighted by atomic mass is 127. The summed E-state index contributed by atoms with van der Waals surface area (Å²) in [6.07, 6.45) is 5.09. The third kappa shape index (κ3) is 8.15. The predicted molar refractivity (Wildman–Crippen MR) is 132 cm³/mol. The monoisotopic (exact) mass is 521 g/mol. The van der Waals surface area contributed by atoms with Crippen LogP contribution < -0.4 is 5.32 Å². The summed E-state index contributed by atoms with van der Waals surface area (Å²) in [7, 11) is 0. The van der Waals surface area contributed by atoms with Crippen LogP contribution in [0, 0.1) is 11.8 Å². The summed E-state index contributed by atoms with van der Waals surface area (Å²) in [6.45, 7) is 18.8. The first-order valence-electron chi connectivity index (χ1n) is 11.7. The van der Waals surface area contributed by atoms with E-state index in [4.69, 9.17) is 9.73 Å². The average molecular weight is 522 g/mol. The van der Waals surface area contributed by atoms with Gasteiger partial charge in [-0.2, -0.15) is 0 Å². The Morgan fingerprint density at radius 1 is 1.03 bits per heavy atom. The number of likely N-dealkylation sites (tertiary alicyclic amines) is 2. The first kappa shape index (κ1) is 25.1. The van der Waals surface area contributed by atoms with E-state index in [0.717, 1.165) is 70.3 Å². The van der Waals surface area contributed by atoms with E-state index in [2.05, 4.69) is 40.8 Å². The molecule has 3 saturated heterocycles. The Morgan fingerprint density at radius 2 is 1.76 bits per heavy atom. The quantitative estimate of drug-likeness (QED) is 0.242. The molecule has 6 nitrogen and oxygen atoms in total. The molecule has 3 rings (SSSR count). The number of halogens is 1. The predicted octanol–water partition coefficient (Wildman–Crippen LogP) is 2.73. The molecule has 3 heterocycles. The van der Waals surface area contributed by atoms with E-state index in [0.29, 0.717) is 6.04 Å². The van der Waals surface area contributed by atoms with Gasteiger partial charge in [0.15, 0.2) is 5.96 Å². The molecule has 29 heavy (non-hydrogen) atoms. The highest BCUT2D eigenvalue weighted by Crippen LogP contribution is 2.21. The maximum atomic E-state index is 5.51. The second kappa shape index (κ2) is 13.3. The van der Waals surface area contributed by atoms with Gasteiger partial charge < -0.3 is 19.9 Å². The van der Waals surface area contributed by atoms with Crippen molar-refractivity contribution in [2.24, 2.45) is 16.8 Å². The summed E-state index contributed by atoms with van der Waals surface area (Å²) in [5, 5.41) is 3.52. The Morgan fingerprint density at radius 3 is 2.45 bits per heavy atom. The smallest absolute Gasteiger partial charge is 0.193 e. The number of aliphatic imine (C=N–C) groups is 1. The van der Waals surface area contributed by atoms with Crippen molar-refractivity contribution in [3.8, 4) is 0 Å². The number of nitrogens with one attached hydrogen (secondary N) is 1. The Balaban J connectivity index is 0.00000300. The number of unbranched alkanes of at least 4 members (excludes halogenated alkanes) is 1. The van der Waals surface area contributed by atoms with E-state index < -0.39 is 0 Å². The molecule has 3 fully saturated rings. The van der Waals surface area contributed by atoms with E-state index in [9.17, 15) is 0 Å². The van der Waals surface area contributed by atoms with Gasteiger partial charge >= 0.3 is 0 Å². The molecule has 3 aliphatic rings. The Bertz CT molecular complexity index is 476. The van der Waals surface area contributed by atoms with Crippen LogP contribution in [0.25, 0.3) is 0 Å². The summed E-state index contributed by atoms with van der Waals surface area (Å²) in [5.41, 5.74) is 0. The first-order chi connectivity index (χ1) is 13.7. The van der Waals surface area contributed by atoms with Gasteiger partial charge in [-0.1, -0.05) is 13.8 Å². The SMILES string of the molecule is CCNC(=NCCCCN1CC(C)CC(C)C1)N1CCC(N2CCOCC2)C1.I. The number of hydrogen-bond acceptors (Lipinski definition) is 4. The van der Waals surface area contributed by atoms with Crippen LogP contribution in [-0.4, -0.2) is 98.8 Å². The minimum atomic E-state index is 0. The van der Waals surface area contributed by atoms with Gasteiger partial charge in [-0.25, -0.2) is 0 Å². The van der Waals surface area contributed by atoms with Crippen LogP contribution >= 0.6 is 24.0 Å². The molecule has 0 aromatic rings. The number of nitrogens with zero attached hydrogens (tertiary/aromatic N) is 4. The van der Waals surface area contributed by atoms with Gasteiger partial charge in [-0.05, 0) is 51.0 Å². The topological polar surface area (TPSA) is 43.3 Å². The van der Waals surface area contributed by atoms with Crippen LogP contribution in [0.2, 0.25) is 0 Å². The van der Waals surface area contributed by atoms with Crippen molar-refractivity contribution in [1.29, 1.82) is 0 Å². The third-order valence-corrected chi connectivity index (χ3v) is 6.45. The molecule has 0 saturated carbocycles. The van der Waals surface area contributed by atoms with Gasteiger partial charge in [-0.15, -0.1) is 24.0 Å².